The SMILES string of the molecule is C=C(C)C1CCC(C)(O)C1CC1=C(O)C(C)(CC=C(C)C)C(=O)C(C(=O)CC(C)C)=C1O. The van der Waals surface area contributed by atoms with Crippen LogP contribution in [0.15, 0.2) is 46.5 Å². The number of aliphatic hydroxyl groups excluding tert-OH is 2. The van der Waals surface area contributed by atoms with Crippen molar-refractivity contribution >= 4 is 11.6 Å². The highest BCUT2D eigenvalue weighted by molar-refractivity contribution is 6.24. The Bertz CT molecular complexity index is 895. The molecule has 0 spiro atoms. The molecule has 0 aromatic rings. The van der Waals surface area contributed by atoms with E-state index in [1.54, 1.807) is 13.8 Å². The van der Waals surface area contributed by atoms with Gasteiger partial charge in [0.2, 0.25) is 0 Å². The number of carbonyl (C=O) groups excluding carboxylic acids is 2. The average molecular weight is 445 g/mol. The molecule has 178 valence electrons. The van der Waals surface area contributed by atoms with Crippen molar-refractivity contribution in [3.8, 4) is 0 Å². The van der Waals surface area contributed by atoms with Crippen molar-refractivity contribution in [3.05, 3.63) is 46.5 Å². The highest BCUT2D eigenvalue weighted by Gasteiger charge is 2.50. The molecular weight excluding hydrogens is 404 g/mol. The molecule has 0 amide bonds. The maximum Gasteiger partial charge on any atom is 0.183 e. The van der Waals surface area contributed by atoms with Gasteiger partial charge in [-0.25, -0.2) is 0 Å². The summed E-state index contributed by atoms with van der Waals surface area (Å²) >= 11 is 0. The Balaban J connectivity index is 2.66. The summed E-state index contributed by atoms with van der Waals surface area (Å²) in [6.07, 6.45) is 3.73. The molecule has 2 aliphatic carbocycles. The van der Waals surface area contributed by atoms with Crippen LogP contribution in [0.3, 0.4) is 0 Å². The second kappa shape index (κ2) is 9.38. The predicted octanol–water partition coefficient (Wildman–Crippen LogP) is 5.91. The summed E-state index contributed by atoms with van der Waals surface area (Å²) in [7, 11) is 0. The van der Waals surface area contributed by atoms with Crippen molar-refractivity contribution in [1.82, 2.24) is 0 Å². The van der Waals surface area contributed by atoms with Crippen LogP contribution in [0.2, 0.25) is 0 Å². The number of aliphatic hydroxyl groups is 3. The maximum atomic E-state index is 13.5. The summed E-state index contributed by atoms with van der Waals surface area (Å²) in [5, 5.41) is 33.5. The minimum absolute atomic E-state index is 0.0194. The van der Waals surface area contributed by atoms with E-state index in [9.17, 15) is 24.9 Å². The highest BCUT2D eigenvalue weighted by Crippen LogP contribution is 2.50. The molecule has 0 heterocycles. The first-order valence-corrected chi connectivity index (χ1v) is 11.6. The summed E-state index contributed by atoms with van der Waals surface area (Å²) in [6, 6.07) is 0. The standard InChI is InChI=1S/C27H40O5/c1-15(2)9-11-26(7)24(30)19(14-20-18(17(5)6)10-12-27(20,8)32)23(29)22(25(26)31)21(28)13-16(3)4/h9,16,18,20,29-30,32H,5,10-14H2,1-4,6-8H3. The second-order valence-corrected chi connectivity index (χ2v) is 10.9. The highest BCUT2D eigenvalue weighted by atomic mass is 16.3. The van der Waals surface area contributed by atoms with E-state index in [2.05, 4.69) is 6.58 Å². The number of allylic oxidation sites excluding steroid dienone is 6. The van der Waals surface area contributed by atoms with E-state index in [0.717, 1.165) is 17.6 Å². The van der Waals surface area contributed by atoms with Crippen molar-refractivity contribution in [2.24, 2.45) is 23.2 Å². The normalized spacial score (nSPS) is 30.8. The monoisotopic (exact) mass is 444 g/mol. The third kappa shape index (κ3) is 4.93. The molecule has 5 nitrogen and oxygen atoms in total. The van der Waals surface area contributed by atoms with Crippen molar-refractivity contribution < 1.29 is 24.9 Å². The van der Waals surface area contributed by atoms with Gasteiger partial charge in [0.05, 0.1) is 11.0 Å². The largest absolute Gasteiger partial charge is 0.511 e. The van der Waals surface area contributed by atoms with Gasteiger partial charge in [0.1, 0.15) is 17.1 Å². The molecule has 0 saturated heterocycles. The third-order valence-corrected chi connectivity index (χ3v) is 7.15. The Hall–Kier alpha value is -2.14. The van der Waals surface area contributed by atoms with Gasteiger partial charge in [-0.3, -0.25) is 9.59 Å². The summed E-state index contributed by atoms with van der Waals surface area (Å²) in [4.78, 5) is 26.5. The fourth-order valence-corrected chi connectivity index (χ4v) is 5.05. The maximum absolute atomic E-state index is 13.5. The fourth-order valence-electron chi connectivity index (χ4n) is 5.05. The van der Waals surface area contributed by atoms with Crippen LogP contribution in [0.4, 0.5) is 0 Å². The summed E-state index contributed by atoms with van der Waals surface area (Å²) < 4.78 is 0. The van der Waals surface area contributed by atoms with E-state index in [4.69, 9.17) is 0 Å². The lowest BCUT2D eigenvalue weighted by Gasteiger charge is -2.36. The predicted molar refractivity (Wildman–Crippen MR) is 127 cm³/mol. The van der Waals surface area contributed by atoms with Crippen LogP contribution in [0.25, 0.3) is 0 Å². The van der Waals surface area contributed by atoms with Gasteiger partial charge in [0, 0.05) is 12.0 Å². The Labute approximate surface area is 192 Å². The Morgan fingerprint density at radius 3 is 2.31 bits per heavy atom. The molecule has 0 bridgehead atoms. The van der Waals surface area contributed by atoms with Crippen LogP contribution >= 0.6 is 0 Å². The molecule has 5 heteroatoms. The molecule has 1 fully saturated rings. The first-order valence-electron chi connectivity index (χ1n) is 11.6. The lowest BCUT2D eigenvalue weighted by Crippen LogP contribution is -2.40. The first-order chi connectivity index (χ1) is 14.6. The smallest absolute Gasteiger partial charge is 0.183 e. The summed E-state index contributed by atoms with van der Waals surface area (Å²) in [5.74, 6) is -1.85. The molecule has 0 aliphatic heterocycles. The summed E-state index contributed by atoms with van der Waals surface area (Å²) in [5.41, 5.74) is -0.448. The number of Topliss-reactive ketones (excluding diaryl/α,β-unsaturated/α-hetero) is 2. The van der Waals surface area contributed by atoms with E-state index >= 15 is 0 Å². The van der Waals surface area contributed by atoms with Crippen LogP contribution in [0.1, 0.15) is 80.6 Å². The van der Waals surface area contributed by atoms with Crippen LogP contribution in [0, 0.1) is 23.2 Å². The van der Waals surface area contributed by atoms with Crippen molar-refractivity contribution in [2.75, 3.05) is 0 Å². The minimum Gasteiger partial charge on any atom is -0.511 e. The van der Waals surface area contributed by atoms with Crippen LogP contribution in [-0.4, -0.2) is 32.5 Å². The lowest BCUT2D eigenvalue weighted by molar-refractivity contribution is -0.127. The van der Waals surface area contributed by atoms with E-state index in [1.807, 2.05) is 40.7 Å². The van der Waals surface area contributed by atoms with Crippen molar-refractivity contribution in [2.45, 2.75) is 86.2 Å². The van der Waals surface area contributed by atoms with Crippen LogP contribution in [0.5, 0.6) is 0 Å². The molecule has 0 aromatic carbocycles. The Kier molecular flexibility index (Phi) is 7.66. The zero-order valence-electron chi connectivity index (χ0n) is 20.7. The first kappa shape index (κ1) is 26.1. The molecule has 4 atom stereocenters. The van der Waals surface area contributed by atoms with Gasteiger partial charge in [-0.05, 0) is 78.1 Å². The Morgan fingerprint density at radius 1 is 1.22 bits per heavy atom. The van der Waals surface area contributed by atoms with Gasteiger partial charge in [0.15, 0.2) is 11.6 Å². The molecule has 2 rings (SSSR count). The number of rotatable bonds is 8. The van der Waals surface area contributed by atoms with Crippen LogP contribution in [-0.2, 0) is 9.59 Å². The van der Waals surface area contributed by atoms with E-state index < -0.39 is 28.3 Å². The summed E-state index contributed by atoms with van der Waals surface area (Å²) in [6.45, 7) is 17.0. The topological polar surface area (TPSA) is 94.8 Å². The number of carbonyl (C=O) groups is 2. The molecule has 32 heavy (non-hydrogen) atoms. The van der Waals surface area contributed by atoms with Crippen LogP contribution < -0.4 is 0 Å². The fraction of sp³-hybridized carbons (Fsp3) is 0.630. The number of ketones is 2. The molecule has 0 radical (unpaired) electrons. The number of hydrogen-bond donors (Lipinski definition) is 3. The third-order valence-electron chi connectivity index (χ3n) is 7.15. The molecule has 0 aromatic heterocycles. The zero-order valence-corrected chi connectivity index (χ0v) is 20.7. The minimum atomic E-state index is -1.34. The molecule has 3 N–H and O–H groups in total. The van der Waals surface area contributed by atoms with E-state index in [-0.39, 0.29) is 53.9 Å². The van der Waals surface area contributed by atoms with E-state index in [1.165, 1.54) is 0 Å². The van der Waals surface area contributed by atoms with Gasteiger partial charge in [0.25, 0.3) is 0 Å². The molecule has 1 saturated carbocycles. The second-order valence-electron chi connectivity index (χ2n) is 10.9. The van der Waals surface area contributed by atoms with Gasteiger partial charge in [-0.15, -0.1) is 0 Å². The van der Waals surface area contributed by atoms with Crippen molar-refractivity contribution in [3.63, 3.8) is 0 Å². The zero-order chi connectivity index (χ0) is 24.6. The van der Waals surface area contributed by atoms with Crippen molar-refractivity contribution in [1.29, 1.82) is 0 Å². The molecule has 2 aliphatic rings. The number of hydrogen-bond acceptors (Lipinski definition) is 5. The Morgan fingerprint density at radius 2 is 1.81 bits per heavy atom. The lowest BCUT2D eigenvalue weighted by atomic mass is 9.68. The van der Waals surface area contributed by atoms with Gasteiger partial charge < -0.3 is 15.3 Å². The quantitative estimate of drug-likeness (QED) is 0.319. The molecular formula is C27H40O5. The van der Waals surface area contributed by atoms with Gasteiger partial charge >= 0.3 is 0 Å². The molecule has 4 unspecified atom stereocenters. The van der Waals surface area contributed by atoms with E-state index in [0.29, 0.717) is 6.42 Å². The van der Waals surface area contributed by atoms with Gasteiger partial charge in [-0.2, -0.15) is 0 Å². The average Bonchev–Trinajstić information content (AvgIpc) is 2.96. The van der Waals surface area contributed by atoms with Gasteiger partial charge in [-0.1, -0.05) is 37.6 Å².